The maximum Gasteiger partial charge on any atom is 0.228 e. The summed E-state index contributed by atoms with van der Waals surface area (Å²) in [4.78, 5) is 6.20. The van der Waals surface area contributed by atoms with Crippen molar-refractivity contribution >= 4 is 9.84 Å². The second-order valence-corrected chi connectivity index (χ2v) is 9.30. The Kier molecular flexibility index (Phi) is 6.84. The number of aliphatic hydroxyl groups is 1. The van der Waals surface area contributed by atoms with Crippen LogP contribution in [0, 0.1) is 0 Å². The zero-order valence-corrected chi connectivity index (χ0v) is 17.6. The van der Waals surface area contributed by atoms with E-state index in [1.807, 2.05) is 72.6 Å². The third-order valence-corrected chi connectivity index (χ3v) is 6.49. The van der Waals surface area contributed by atoms with Crippen molar-refractivity contribution in [1.82, 2.24) is 14.5 Å². The first kappa shape index (κ1) is 21.2. The number of sulfone groups is 1. The lowest BCUT2D eigenvalue weighted by Gasteiger charge is -2.22. The van der Waals surface area contributed by atoms with Crippen molar-refractivity contribution in [2.75, 3.05) is 19.3 Å². The van der Waals surface area contributed by atoms with E-state index in [0.717, 1.165) is 16.8 Å². The van der Waals surface area contributed by atoms with Gasteiger partial charge in [0.2, 0.25) is 15.0 Å². The van der Waals surface area contributed by atoms with E-state index in [4.69, 9.17) is 0 Å². The van der Waals surface area contributed by atoms with E-state index in [0.29, 0.717) is 19.6 Å². The summed E-state index contributed by atoms with van der Waals surface area (Å²) in [5.74, 6) is 0.000797. The Morgan fingerprint density at radius 1 is 1.07 bits per heavy atom. The van der Waals surface area contributed by atoms with Gasteiger partial charge in [0, 0.05) is 13.1 Å². The zero-order chi connectivity index (χ0) is 20.9. The SMILES string of the molecule is CCS(=O)(=O)c1ncc(CN(C)CC(O)c2ccccc2)n1Cc1ccccc1. The fourth-order valence-corrected chi connectivity index (χ4v) is 4.24. The van der Waals surface area contributed by atoms with Gasteiger partial charge in [-0.3, -0.25) is 4.90 Å². The summed E-state index contributed by atoms with van der Waals surface area (Å²) in [6.07, 6.45) is 1.00. The minimum atomic E-state index is -3.45. The third-order valence-electron chi connectivity index (χ3n) is 4.84. The van der Waals surface area contributed by atoms with Crippen LogP contribution in [0.15, 0.2) is 72.0 Å². The predicted molar refractivity (Wildman–Crippen MR) is 113 cm³/mol. The van der Waals surface area contributed by atoms with Crippen molar-refractivity contribution in [2.24, 2.45) is 0 Å². The molecular weight excluding hydrogens is 386 g/mol. The molecular formula is C22H27N3O3S. The molecule has 29 heavy (non-hydrogen) atoms. The Bertz CT molecular complexity index is 1020. The van der Waals surface area contributed by atoms with Gasteiger partial charge in [-0.05, 0) is 18.2 Å². The number of aliphatic hydroxyl groups excluding tert-OH is 1. The molecule has 2 aromatic carbocycles. The lowest BCUT2D eigenvalue weighted by atomic mass is 10.1. The molecule has 6 nitrogen and oxygen atoms in total. The van der Waals surface area contributed by atoms with Crippen molar-refractivity contribution in [2.45, 2.75) is 31.3 Å². The van der Waals surface area contributed by atoms with Crippen LogP contribution in [-0.4, -0.2) is 47.3 Å². The highest BCUT2D eigenvalue weighted by Crippen LogP contribution is 2.19. The van der Waals surface area contributed by atoms with Gasteiger partial charge in [0.25, 0.3) is 0 Å². The molecule has 0 saturated carbocycles. The van der Waals surface area contributed by atoms with Crippen LogP contribution in [0.1, 0.15) is 29.8 Å². The highest BCUT2D eigenvalue weighted by atomic mass is 32.2. The highest BCUT2D eigenvalue weighted by molar-refractivity contribution is 7.91. The Hall–Kier alpha value is -2.48. The Labute approximate surface area is 172 Å². The summed E-state index contributed by atoms with van der Waals surface area (Å²) in [6, 6.07) is 19.2. The van der Waals surface area contributed by atoms with E-state index < -0.39 is 15.9 Å². The average Bonchev–Trinajstić information content (AvgIpc) is 3.12. The number of nitrogens with zero attached hydrogens (tertiary/aromatic N) is 3. The Morgan fingerprint density at radius 2 is 1.69 bits per heavy atom. The van der Waals surface area contributed by atoms with Crippen LogP contribution < -0.4 is 0 Å². The van der Waals surface area contributed by atoms with Crippen LogP contribution in [0.3, 0.4) is 0 Å². The van der Waals surface area contributed by atoms with Crippen LogP contribution in [-0.2, 0) is 22.9 Å². The normalized spacial score (nSPS) is 13.0. The standard InChI is InChI=1S/C22H27N3O3S/c1-3-29(27,28)22-23-14-20(25(22)15-18-10-6-4-7-11-18)16-24(2)17-21(26)19-12-8-5-9-13-19/h4-14,21,26H,3,15-17H2,1-2H3. The first-order valence-corrected chi connectivity index (χ1v) is 11.3. The molecule has 1 aromatic heterocycles. The van der Waals surface area contributed by atoms with Crippen LogP contribution in [0.4, 0.5) is 0 Å². The van der Waals surface area contributed by atoms with E-state index >= 15 is 0 Å². The molecule has 154 valence electrons. The number of imidazole rings is 1. The van der Waals surface area contributed by atoms with Gasteiger partial charge in [-0.2, -0.15) is 0 Å². The number of rotatable bonds is 9. The monoisotopic (exact) mass is 413 g/mol. The highest BCUT2D eigenvalue weighted by Gasteiger charge is 2.22. The van der Waals surface area contributed by atoms with Crippen LogP contribution in [0.25, 0.3) is 0 Å². The summed E-state index contributed by atoms with van der Waals surface area (Å²) in [5.41, 5.74) is 2.65. The maximum atomic E-state index is 12.5. The van der Waals surface area contributed by atoms with Crippen molar-refractivity contribution < 1.29 is 13.5 Å². The lowest BCUT2D eigenvalue weighted by molar-refractivity contribution is 0.122. The molecule has 0 spiro atoms. The van der Waals surface area contributed by atoms with E-state index in [1.54, 1.807) is 17.7 Å². The number of benzene rings is 2. The molecule has 0 radical (unpaired) electrons. The molecule has 0 amide bonds. The van der Waals surface area contributed by atoms with Gasteiger partial charge in [0.15, 0.2) is 0 Å². The second-order valence-electron chi connectivity index (χ2n) is 7.13. The largest absolute Gasteiger partial charge is 0.387 e. The quantitative estimate of drug-likeness (QED) is 0.584. The van der Waals surface area contributed by atoms with E-state index in [9.17, 15) is 13.5 Å². The van der Waals surface area contributed by atoms with Crippen molar-refractivity contribution in [3.8, 4) is 0 Å². The molecule has 1 heterocycles. The average molecular weight is 414 g/mol. The van der Waals surface area contributed by atoms with E-state index in [2.05, 4.69) is 4.98 Å². The number of hydrogen-bond acceptors (Lipinski definition) is 5. The van der Waals surface area contributed by atoms with Gasteiger partial charge in [-0.1, -0.05) is 67.6 Å². The number of likely N-dealkylation sites (N-methyl/N-ethyl adjacent to an activating group) is 1. The molecule has 0 saturated heterocycles. The fourth-order valence-electron chi connectivity index (χ4n) is 3.25. The zero-order valence-electron chi connectivity index (χ0n) is 16.8. The summed E-state index contributed by atoms with van der Waals surface area (Å²) in [7, 11) is -1.54. The molecule has 3 rings (SSSR count). The summed E-state index contributed by atoms with van der Waals surface area (Å²) < 4.78 is 26.8. The topological polar surface area (TPSA) is 75.4 Å². The first-order valence-electron chi connectivity index (χ1n) is 9.63. The molecule has 0 aliphatic heterocycles. The van der Waals surface area contributed by atoms with Crippen LogP contribution in [0.5, 0.6) is 0 Å². The molecule has 1 atom stereocenters. The van der Waals surface area contributed by atoms with Gasteiger partial charge >= 0.3 is 0 Å². The summed E-state index contributed by atoms with van der Waals surface area (Å²) >= 11 is 0. The third kappa shape index (κ3) is 5.32. The number of hydrogen-bond donors (Lipinski definition) is 1. The first-order chi connectivity index (χ1) is 13.9. The van der Waals surface area contributed by atoms with E-state index in [-0.39, 0.29) is 10.9 Å². The van der Waals surface area contributed by atoms with Crippen molar-refractivity contribution in [1.29, 1.82) is 0 Å². The van der Waals surface area contributed by atoms with Gasteiger partial charge in [-0.15, -0.1) is 0 Å². The maximum absolute atomic E-state index is 12.5. The van der Waals surface area contributed by atoms with Gasteiger partial charge in [0.1, 0.15) is 0 Å². The minimum Gasteiger partial charge on any atom is -0.387 e. The predicted octanol–water partition coefficient (Wildman–Crippen LogP) is 2.89. The van der Waals surface area contributed by atoms with Crippen LogP contribution in [0.2, 0.25) is 0 Å². The van der Waals surface area contributed by atoms with Crippen molar-refractivity contribution in [3.05, 3.63) is 83.7 Å². The molecule has 1 unspecified atom stereocenters. The van der Waals surface area contributed by atoms with Gasteiger partial charge < -0.3 is 9.67 Å². The number of aromatic nitrogens is 2. The lowest BCUT2D eigenvalue weighted by Crippen LogP contribution is -2.26. The molecule has 0 aliphatic carbocycles. The molecule has 0 aliphatic rings. The van der Waals surface area contributed by atoms with Crippen molar-refractivity contribution in [3.63, 3.8) is 0 Å². The molecule has 0 bridgehead atoms. The molecule has 7 heteroatoms. The Balaban J connectivity index is 1.82. The van der Waals surface area contributed by atoms with Gasteiger partial charge in [0.05, 0.1) is 30.3 Å². The summed E-state index contributed by atoms with van der Waals surface area (Å²) in [6.45, 7) is 2.96. The summed E-state index contributed by atoms with van der Waals surface area (Å²) in [5, 5.41) is 10.6. The smallest absolute Gasteiger partial charge is 0.228 e. The second kappa shape index (κ2) is 9.35. The minimum absolute atomic E-state index is 0.000797. The fraction of sp³-hybridized carbons (Fsp3) is 0.318. The molecule has 0 fully saturated rings. The molecule has 1 N–H and O–H groups in total. The Morgan fingerprint density at radius 3 is 2.31 bits per heavy atom. The van der Waals surface area contributed by atoms with Gasteiger partial charge in [-0.25, -0.2) is 13.4 Å². The van der Waals surface area contributed by atoms with Crippen LogP contribution >= 0.6 is 0 Å². The molecule has 3 aromatic rings. The van der Waals surface area contributed by atoms with E-state index in [1.165, 1.54) is 0 Å².